The first-order chi connectivity index (χ1) is 27.4. The van der Waals surface area contributed by atoms with Gasteiger partial charge in [-0.3, -0.25) is 0 Å². The zero-order valence-corrected chi connectivity index (χ0v) is 29.8. The molecule has 7 aromatic carbocycles. The van der Waals surface area contributed by atoms with E-state index in [1.807, 2.05) is 102 Å². The van der Waals surface area contributed by atoms with E-state index in [4.69, 9.17) is 15.0 Å². The monoisotopic (exact) mass is 733 g/mol. The first-order valence-corrected chi connectivity index (χ1v) is 18.6. The molecule has 0 fully saturated rings. The van der Waals surface area contributed by atoms with Gasteiger partial charge >= 0.3 is 6.18 Å². The van der Waals surface area contributed by atoms with Gasteiger partial charge in [0.15, 0.2) is 17.5 Å². The highest BCUT2D eigenvalue weighted by Crippen LogP contribution is 2.47. The summed E-state index contributed by atoms with van der Waals surface area (Å²) in [6, 6.07) is 50.1. The van der Waals surface area contributed by atoms with Crippen molar-refractivity contribution in [3.8, 4) is 45.5 Å². The average Bonchev–Trinajstić information content (AvgIpc) is 3.76. The number of hydrogen-bond donors (Lipinski definition) is 0. The maximum Gasteiger partial charge on any atom is 0.416 e. The van der Waals surface area contributed by atoms with Gasteiger partial charge in [0.05, 0.1) is 27.6 Å². The lowest BCUT2D eigenvalue weighted by molar-refractivity contribution is -0.137. The summed E-state index contributed by atoms with van der Waals surface area (Å²) in [5, 5.41) is 4.30. The molecule has 3 aromatic heterocycles. The number of alkyl halides is 3. The van der Waals surface area contributed by atoms with Crippen LogP contribution in [0.3, 0.4) is 0 Å². The molecule has 0 saturated carbocycles. The summed E-state index contributed by atoms with van der Waals surface area (Å²) < 4.78 is 49.5. The summed E-state index contributed by atoms with van der Waals surface area (Å²) in [5.74, 6) is 0.912. The van der Waals surface area contributed by atoms with Crippen LogP contribution in [0.1, 0.15) is 16.7 Å². The maximum absolute atomic E-state index is 15.0. The molecule has 3 heterocycles. The molecule has 0 spiro atoms. The molecule has 1 aliphatic carbocycles. The third-order valence-electron chi connectivity index (χ3n) is 11.0. The zero-order valence-electron chi connectivity index (χ0n) is 29.8. The van der Waals surface area contributed by atoms with Crippen LogP contribution in [0.2, 0.25) is 0 Å². The van der Waals surface area contributed by atoms with E-state index in [2.05, 4.69) is 47.0 Å². The topological polar surface area (TPSA) is 48.5 Å². The highest BCUT2D eigenvalue weighted by molar-refractivity contribution is 6.22. The van der Waals surface area contributed by atoms with Crippen LogP contribution in [0.4, 0.5) is 13.2 Å². The van der Waals surface area contributed by atoms with Gasteiger partial charge < -0.3 is 9.13 Å². The van der Waals surface area contributed by atoms with E-state index in [0.29, 0.717) is 17.3 Å². The van der Waals surface area contributed by atoms with E-state index in [1.165, 1.54) is 17.2 Å². The van der Waals surface area contributed by atoms with Crippen LogP contribution in [0.5, 0.6) is 0 Å². The van der Waals surface area contributed by atoms with Crippen LogP contribution in [-0.2, 0) is 19.0 Å². The number of rotatable bonds is 5. The lowest BCUT2D eigenvalue weighted by Crippen LogP contribution is -2.08. The van der Waals surface area contributed by atoms with Crippen molar-refractivity contribution in [1.82, 2.24) is 24.1 Å². The second-order valence-corrected chi connectivity index (χ2v) is 14.3. The van der Waals surface area contributed by atoms with E-state index >= 15 is 13.2 Å². The predicted molar refractivity (Wildman–Crippen MR) is 217 cm³/mol. The summed E-state index contributed by atoms with van der Waals surface area (Å²) in [4.78, 5) is 14.4. The number of benzene rings is 7. The fourth-order valence-corrected chi connectivity index (χ4v) is 8.64. The van der Waals surface area contributed by atoms with Crippen molar-refractivity contribution < 1.29 is 13.2 Å². The quantitative estimate of drug-likeness (QED) is 0.177. The van der Waals surface area contributed by atoms with Crippen LogP contribution >= 0.6 is 0 Å². The van der Waals surface area contributed by atoms with Crippen molar-refractivity contribution in [2.75, 3.05) is 0 Å². The lowest BCUT2D eigenvalue weighted by atomic mass is 9.89. The van der Waals surface area contributed by atoms with Gasteiger partial charge in [0, 0.05) is 49.6 Å². The van der Waals surface area contributed by atoms with Gasteiger partial charge in [-0.15, -0.1) is 0 Å². The van der Waals surface area contributed by atoms with Crippen molar-refractivity contribution in [1.29, 1.82) is 0 Å². The molecular weight excluding hydrogens is 704 g/mol. The molecule has 0 radical (unpaired) electrons. The Morgan fingerprint density at radius 3 is 1.73 bits per heavy atom. The highest BCUT2D eigenvalue weighted by Gasteiger charge is 2.33. The number of hydrogen-bond acceptors (Lipinski definition) is 3. The maximum atomic E-state index is 15.0. The van der Waals surface area contributed by atoms with Gasteiger partial charge in [0.25, 0.3) is 0 Å². The zero-order chi connectivity index (χ0) is 37.5. The molecule has 268 valence electrons. The number of halogens is 3. The minimum Gasteiger partial charge on any atom is -0.309 e. The lowest BCUT2D eigenvalue weighted by Gasteiger charge is -2.17. The smallest absolute Gasteiger partial charge is 0.309 e. The Hall–Kier alpha value is -7.06. The van der Waals surface area contributed by atoms with Crippen LogP contribution < -0.4 is 0 Å². The molecule has 0 N–H and O–H groups in total. The summed E-state index contributed by atoms with van der Waals surface area (Å²) in [6.45, 7) is 0. The van der Waals surface area contributed by atoms with Gasteiger partial charge in [0.2, 0.25) is 0 Å². The molecule has 0 aliphatic heterocycles. The van der Waals surface area contributed by atoms with E-state index < -0.39 is 11.7 Å². The molecule has 56 heavy (non-hydrogen) atoms. The second kappa shape index (κ2) is 12.2. The average molecular weight is 734 g/mol. The van der Waals surface area contributed by atoms with E-state index in [-0.39, 0.29) is 11.4 Å². The normalized spacial score (nSPS) is 12.8. The highest BCUT2D eigenvalue weighted by atomic mass is 19.4. The molecule has 0 unspecified atom stereocenters. The Kier molecular flexibility index (Phi) is 7.07. The fraction of sp³-hybridized carbons (Fsp3) is 0.0625. The van der Waals surface area contributed by atoms with Crippen molar-refractivity contribution in [2.45, 2.75) is 19.0 Å². The SMILES string of the molecule is FC(F)(F)c1cc(-c2nc(-c3ccccc3)nc(-c3ccccc3)n2)cc(-n2c3cccc4c3c3c(c5c(cc32)c2ccccc2n5-c2ccccc2)CC4)c1. The van der Waals surface area contributed by atoms with E-state index in [1.54, 1.807) is 6.07 Å². The first-order valence-electron chi connectivity index (χ1n) is 18.6. The minimum atomic E-state index is -4.64. The van der Waals surface area contributed by atoms with Gasteiger partial charge in [-0.1, -0.05) is 109 Å². The Labute approximate surface area is 319 Å². The van der Waals surface area contributed by atoms with Crippen molar-refractivity contribution in [3.63, 3.8) is 0 Å². The molecule has 10 aromatic rings. The Morgan fingerprint density at radius 2 is 1.05 bits per heavy atom. The van der Waals surface area contributed by atoms with Crippen LogP contribution in [0.25, 0.3) is 89.2 Å². The Morgan fingerprint density at radius 1 is 0.446 bits per heavy atom. The molecule has 0 amide bonds. The number of para-hydroxylation sites is 2. The second-order valence-electron chi connectivity index (χ2n) is 14.3. The van der Waals surface area contributed by atoms with Gasteiger partial charge in [-0.25, -0.2) is 15.0 Å². The molecule has 0 bridgehead atoms. The standard InChI is InChI=1S/C48H30F3N5/c49-48(50,51)33-25-32(47-53-45(30-13-4-1-5-14-30)52-46(54-47)31-15-6-2-7-16-31)26-35(27-33)55-40-22-12-17-29-23-24-37-43(42(29)40)41(55)28-38-36-20-10-11-21-39(36)56(44(37)38)34-18-8-3-9-19-34/h1-22,25-28H,23-24H2. The third-order valence-corrected chi connectivity index (χ3v) is 11.0. The molecule has 0 atom stereocenters. The summed E-state index contributed by atoms with van der Waals surface area (Å²) in [7, 11) is 0. The molecule has 5 nitrogen and oxygen atoms in total. The summed E-state index contributed by atoms with van der Waals surface area (Å²) in [5.41, 5.74) is 8.70. The van der Waals surface area contributed by atoms with Crippen LogP contribution in [0, 0.1) is 0 Å². The van der Waals surface area contributed by atoms with E-state index in [9.17, 15) is 0 Å². The largest absolute Gasteiger partial charge is 0.416 e. The Balaban J connectivity index is 1.23. The number of nitrogens with zero attached hydrogens (tertiary/aromatic N) is 5. The molecular formula is C48H30F3N5. The number of fused-ring (bicyclic) bond motifs is 4. The Bertz CT molecular complexity index is 3110. The number of aromatic nitrogens is 5. The fourth-order valence-electron chi connectivity index (χ4n) is 8.64. The predicted octanol–water partition coefficient (Wildman–Crippen LogP) is 12.2. The molecule has 0 saturated heterocycles. The van der Waals surface area contributed by atoms with Gasteiger partial charge in [0.1, 0.15) is 0 Å². The van der Waals surface area contributed by atoms with Crippen LogP contribution in [-0.4, -0.2) is 24.1 Å². The van der Waals surface area contributed by atoms with Crippen molar-refractivity contribution in [2.24, 2.45) is 0 Å². The van der Waals surface area contributed by atoms with E-state index in [0.717, 1.165) is 79.3 Å². The molecule has 8 heteroatoms. The summed E-state index contributed by atoms with van der Waals surface area (Å²) in [6.07, 6.45) is -3.01. The molecule has 1 aliphatic rings. The summed E-state index contributed by atoms with van der Waals surface area (Å²) >= 11 is 0. The van der Waals surface area contributed by atoms with Crippen molar-refractivity contribution >= 4 is 43.6 Å². The van der Waals surface area contributed by atoms with Gasteiger partial charge in [-0.2, -0.15) is 13.2 Å². The van der Waals surface area contributed by atoms with Crippen LogP contribution in [0.15, 0.2) is 158 Å². The van der Waals surface area contributed by atoms with Gasteiger partial charge in [-0.05, 0) is 72.5 Å². The minimum absolute atomic E-state index is 0.157. The first kappa shape index (κ1) is 32.4. The van der Waals surface area contributed by atoms with Crippen molar-refractivity contribution in [3.05, 3.63) is 174 Å². The third kappa shape index (κ3) is 4.99. The molecule has 11 rings (SSSR count). The number of aryl methyl sites for hydroxylation is 2.